The van der Waals surface area contributed by atoms with Crippen LogP contribution in [0.4, 0.5) is 0 Å². The molecule has 1 aromatic carbocycles. The number of fused-ring (bicyclic) bond motifs is 1. The van der Waals surface area contributed by atoms with E-state index >= 15 is 0 Å². The van der Waals surface area contributed by atoms with E-state index in [2.05, 4.69) is 15.1 Å². The van der Waals surface area contributed by atoms with Crippen LogP contribution in [0.25, 0.3) is 5.78 Å². The number of nitrogens with zero attached hydrogens (tertiary/aromatic N) is 4. The molecular formula is C16H16N4O3. The summed E-state index contributed by atoms with van der Waals surface area (Å²) in [7, 11) is 1.59. The smallest absolute Gasteiger partial charge is 0.378 e. The summed E-state index contributed by atoms with van der Waals surface area (Å²) in [6, 6.07) is 9.18. The molecule has 7 heteroatoms. The number of carbonyl (C=O) groups is 1. The van der Waals surface area contributed by atoms with Crippen LogP contribution < -0.4 is 4.74 Å². The van der Waals surface area contributed by atoms with Gasteiger partial charge in [0.2, 0.25) is 0 Å². The Bertz CT molecular complexity index is 873. The molecule has 0 unspecified atom stereocenters. The summed E-state index contributed by atoms with van der Waals surface area (Å²) < 4.78 is 11.9. The van der Waals surface area contributed by atoms with Crippen molar-refractivity contribution in [2.24, 2.45) is 0 Å². The number of benzene rings is 1. The first-order chi connectivity index (χ1) is 11.1. The van der Waals surface area contributed by atoms with Crippen molar-refractivity contribution in [2.75, 3.05) is 7.11 Å². The van der Waals surface area contributed by atoms with E-state index in [1.807, 2.05) is 38.1 Å². The predicted octanol–water partition coefficient (Wildman–Crippen LogP) is 2.11. The number of ether oxygens (including phenoxy) is 2. The summed E-state index contributed by atoms with van der Waals surface area (Å²) in [5.74, 6) is 0.500. The van der Waals surface area contributed by atoms with Gasteiger partial charge < -0.3 is 9.47 Å². The minimum atomic E-state index is -0.588. The fourth-order valence-corrected chi connectivity index (χ4v) is 2.23. The molecule has 7 nitrogen and oxygen atoms in total. The Morgan fingerprint density at radius 3 is 2.83 bits per heavy atom. The van der Waals surface area contributed by atoms with E-state index in [0.717, 1.165) is 17.0 Å². The molecule has 0 fully saturated rings. The lowest BCUT2D eigenvalue weighted by molar-refractivity contribution is 0.0458. The molecular weight excluding hydrogens is 296 g/mol. The number of aryl methyl sites for hydroxylation is 2. The highest BCUT2D eigenvalue weighted by molar-refractivity contribution is 5.85. The van der Waals surface area contributed by atoms with E-state index in [1.165, 1.54) is 4.52 Å². The molecule has 0 aliphatic rings. The summed E-state index contributed by atoms with van der Waals surface area (Å²) in [6.45, 7) is 3.86. The monoisotopic (exact) mass is 312 g/mol. The third kappa shape index (κ3) is 3.13. The van der Waals surface area contributed by atoms with Gasteiger partial charge in [0.05, 0.1) is 7.11 Å². The minimum Gasteiger partial charge on any atom is -0.497 e. The number of esters is 1. The van der Waals surface area contributed by atoms with Crippen LogP contribution in [0.15, 0.2) is 30.3 Å². The summed E-state index contributed by atoms with van der Waals surface area (Å²) in [5.41, 5.74) is 2.50. The molecule has 2 aromatic heterocycles. The second-order valence-corrected chi connectivity index (χ2v) is 5.11. The van der Waals surface area contributed by atoms with Crippen molar-refractivity contribution < 1.29 is 14.3 Å². The first-order valence-electron chi connectivity index (χ1n) is 7.08. The molecule has 3 aromatic rings. The van der Waals surface area contributed by atoms with Crippen LogP contribution >= 0.6 is 0 Å². The zero-order valence-corrected chi connectivity index (χ0v) is 13.1. The summed E-state index contributed by atoms with van der Waals surface area (Å²) in [6.07, 6.45) is 0. The second-order valence-electron chi connectivity index (χ2n) is 5.11. The molecule has 0 aliphatic heterocycles. The molecule has 0 N–H and O–H groups in total. The number of aromatic nitrogens is 4. The molecule has 0 amide bonds. The number of carbonyl (C=O) groups excluding carboxylic acids is 1. The van der Waals surface area contributed by atoms with Crippen LogP contribution in [0.3, 0.4) is 0 Å². The van der Waals surface area contributed by atoms with Gasteiger partial charge >= 0.3 is 5.97 Å². The number of rotatable bonds is 4. The van der Waals surface area contributed by atoms with Gasteiger partial charge in [-0.1, -0.05) is 12.1 Å². The molecule has 3 rings (SSSR count). The molecule has 0 saturated carbocycles. The third-order valence-electron chi connectivity index (χ3n) is 3.30. The zero-order chi connectivity index (χ0) is 16.4. The molecule has 0 saturated heterocycles. The fraction of sp³-hybridized carbons (Fsp3) is 0.250. The largest absolute Gasteiger partial charge is 0.497 e. The highest BCUT2D eigenvalue weighted by Gasteiger charge is 2.16. The second kappa shape index (κ2) is 6.04. The Morgan fingerprint density at radius 2 is 2.04 bits per heavy atom. The van der Waals surface area contributed by atoms with Gasteiger partial charge in [-0.25, -0.2) is 14.3 Å². The Morgan fingerprint density at radius 1 is 1.22 bits per heavy atom. The van der Waals surface area contributed by atoms with E-state index in [0.29, 0.717) is 11.5 Å². The quantitative estimate of drug-likeness (QED) is 0.687. The van der Waals surface area contributed by atoms with Crippen molar-refractivity contribution in [3.05, 3.63) is 53.1 Å². The minimum absolute atomic E-state index is 0.00547. The van der Waals surface area contributed by atoms with Gasteiger partial charge in [-0.3, -0.25) is 0 Å². The van der Waals surface area contributed by atoms with Gasteiger partial charge in [0, 0.05) is 11.4 Å². The highest BCUT2D eigenvalue weighted by atomic mass is 16.5. The van der Waals surface area contributed by atoms with Crippen molar-refractivity contribution in [1.29, 1.82) is 0 Å². The van der Waals surface area contributed by atoms with Gasteiger partial charge in [-0.05, 0) is 37.6 Å². The molecule has 0 bridgehead atoms. The molecule has 0 spiro atoms. The van der Waals surface area contributed by atoms with E-state index in [1.54, 1.807) is 13.2 Å². The lowest BCUT2D eigenvalue weighted by Crippen LogP contribution is -2.08. The first-order valence-corrected chi connectivity index (χ1v) is 7.08. The SMILES string of the molecule is COc1cccc(COC(=O)c2nc3nc(C)cc(C)n3n2)c1. The molecule has 118 valence electrons. The average Bonchev–Trinajstić information content (AvgIpc) is 2.97. The number of hydrogen-bond acceptors (Lipinski definition) is 6. The summed E-state index contributed by atoms with van der Waals surface area (Å²) in [4.78, 5) is 20.5. The fourth-order valence-electron chi connectivity index (χ4n) is 2.23. The van der Waals surface area contributed by atoms with Crippen LogP contribution in [0.2, 0.25) is 0 Å². The maximum absolute atomic E-state index is 12.1. The Labute approximate surface area is 132 Å². The maximum atomic E-state index is 12.1. The Kier molecular flexibility index (Phi) is 3.92. The lowest BCUT2D eigenvalue weighted by atomic mass is 10.2. The standard InChI is InChI=1S/C16H16N4O3/c1-10-7-11(2)20-16(17-10)18-14(19-20)15(21)23-9-12-5-4-6-13(8-12)22-3/h4-8H,9H2,1-3H3. The summed E-state index contributed by atoms with van der Waals surface area (Å²) >= 11 is 0. The number of hydrogen-bond donors (Lipinski definition) is 0. The summed E-state index contributed by atoms with van der Waals surface area (Å²) in [5, 5.41) is 4.14. The molecule has 0 radical (unpaired) electrons. The van der Waals surface area contributed by atoms with Gasteiger partial charge in [-0.15, -0.1) is 5.10 Å². The maximum Gasteiger partial charge on any atom is 0.378 e. The molecule has 0 atom stereocenters. The van der Waals surface area contributed by atoms with Crippen LogP contribution in [-0.2, 0) is 11.3 Å². The van der Waals surface area contributed by atoms with Crippen molar-refractivity contribution in [2.45, 2.75) is 20.5 Å². The van der Waals surface area contributed by atoms with Gasteiger partial charge in [0.25, 0.3) is 11.6 Å². The Hall–Kier alpha value is -2.96. The predicted molar refractivity (Wildman–Crippen MR) is 82.4 cm³/mol. The van der Waals surface area contributed by atoms with E-state index in [9.17, 15) is 4.79 Å². The molecule has 23 heavy (non-hydrogen) atoms. The number of methoxy groups -OCH3 is 1. The van der Waals surface area contributed by atoms with Crippen LogP contribution in [0.5, 0.6) is 5.75 Å². The lowest BCUT2D eigenvalue weighted by Gasteiger charge is -2.04. The first kappa shape index (κ1) is 15.0. The molecule has 0 aliphatic carbocycles. The van der Waals surface area contributed by atoms with Crippen LogP contribution in [-0.4, -0.2) is 32.7 Å². The normalized spacial score (nSPS) is 10.7. The topological polar surface area (TPSA) is 78.6 Å². The van der Waals surface area contributed by atoms with Crippen molar-refractivity contribution in [3.8, 4) is 5.75 Å². The average molecular weight is 312 g/mol. The zero-order valence-electron chi connectivity index (χ0n) is 13.1. The van der Waals surface area contributed by atoms with Crippen LogP contribution in [0, 0.1) is 13.8 Å². The molecule has 2 heterocycles. The van der Waals surface area contributed by atoms with E-state index < -0.39 is 5.97 Å². The Balaban J connectivity index is 1.76. The van der Waals surface area contributed by atoms with Gasteiger partial charge in [0.1, 0.15) is 12.4 Å². The van der Waals surface area contributed by atoms with E-state index in [4.69, 9.17) is 9.47 Å². The van der Waals surface area contributed by atoms with Crippen molar-refractivity contribution in [3.63, 3.8) is 0 Å². The third-order valence-corrected chi connectivity index (χ3v) is 3.30. The van der Waals surface area contributed by atoms with Crippen molar-refractivity contribution >= 4 is 11.7 Å². The van der Waals surface area contributed by atoms with Crippen LogP contribution in [0.1, 0.15) is 27.6 Å². The van der Waals surface area contributed by atoms with Gasteiger partial charge in [-0.2, -0.15) is 4.98 Å². The van der Waals surface area contributed by atoms with Gasteiger partial charge in [0.15, 0.2) is 0 Å². The highest BCUT2D eigenvalue weighted by Crippen LogP contribution is 2.14. The van der Waals surface area contributed by atoms with Crippen molar-refractivity contribution in [1.82, 2.24) is 19.6 Å². The van der Waals surface area contributed by atoms with E-state index in [-0.39, 0.29) is 12.4 Å².